The first kappa shape index (κ1) is 44.5. The van der Waals surface area contributed by atoms with Crippen LogP contribution in [0.5, 0.6) is 0 Å². The summed E-state index contributed by atoms with van der Waals surface area (Å²) in [6.45, 7) is 4.26. The normalized spacial score (nSPS) is 14.1. The second-order valence-corrected chi connectivity index (χ2v) is 12.5. The number of likely N-dealkylation sites (N-methyl/N-ethyl adjacent to an activating group) is 1. The van der Waals surface area contributed by atoms with E-state index in [0.29, 0.717) is 12.8 Å². The fourth-order valence-electron chi connectivity index (χ4n) is 4.42. The number of aliphatic carboxylic acids is 1. The Labute approximate surface area is 291 Å². The van der Waals surface area contributed by atoms with Crippen LogP contribution in [0.4, 0.5) is 0 Å². The molecular weight excluding hydrogens is 606 g/mol. The molecule has 0 saturated carbocycles. The molecule has 0 N–H and O–H groups in total. The van der Waals surface area contributed by atoms with Crippen LogP contribution >= 0.6 is 0 Å². The van der Waals surface area contributed by atoms with Crippen LogP contribution in [0.15, 0.2) is 85.1 Å². The van der Waals surface area contributed by atoms with E-state index in [1.807, 2.05) is 48.6 Å². The number of hydrogen-bond donors (Lipinski definition) is 0. The summed E-state index contributed by atoms with van der Waals surface area (Å²) >= 11 is 0. The van der Waals surface area contributed by atoms with Crippen LogP contribution in [-0.2, 0) is 28.6 Å². The van der Waals surface area contributed by atoms with Crippen molar-refractivity contribution in [1.29, 1.82) is 0 Å². The Bertz CT molecular complexity index is 1060. The molecule has 0 aliphatic carbocycles. The van der Waals surface area contributed by atoms with Gasteiger partial charge in [-0.15, -0.1) is 0 Å². The largest absolute Gasteiger partial charge is 0.544 e. The summed E-state index contributed by atoms with van der Waals surface area (Å²) in [6.07, 6.45) is 37.7. The Morgan fingerprint density at radius 2 is 1.21 bits per heavy atom. The van der Waals surface area contributed by atoms with Gasteiger partial charge >= 0.3 is 11.9 Å². The van der Waals surface area contributed by atoms with E-state index < -0.39 is 18.1 Å². The molecule has 0 aliphatic rings. The molecule has 8 nitrogen and oxygen atoms in total. The number of esters is 2. The van der Waals surface area contributed by atoms with Crippen molar-refractivity contribution < 1.29 is 38.2 Å². The Balaban J connectivity index is 4.61. The Morgan fingerprint density at radius 1 is 0.646 bits per heavy atom. The summed E-state index contributed by atoms with van der Waals surface area (Å²) in [4.78, 5) is 36.5. The van der Waals surface area contributed by atoms with Crippen molar-refractivity contribution in [2.24, 2.45) is 0 Å². The van der Waals surface area contributed by atoms with E-state index in [0.717, 1.165) is 51.4 Å². The summed E-state index contributed by atoms with van der Waals surface area (Å²) in [6, 6.07) is -0.741. The molecule has 0 heterocycles. The second kappa shape index (κ2) is 30.8. The van der Waals surface area contributed by atoms with Crippen molar-refractivity contribution in [2.75, 3.05) is 41.0 Å². The van der Waals surface area contributed by atoms with Gasteiger partial charge in [-0.05, 0) is 57.8 Å². The third-order valence-corrected chi connectivity index (χ3v) is 7.16. The van der Waals surface area contributed by atoms with Crippen LogP contribution in [0.25, 0.3) is 0 Å². The number of hydrogen-bond acceptors (Lipinski definition) is 7. The van der Waals surface area contributed by atoms with Crippen molar-refractivity contribution in [3.63, 3.8) is 0 Å². The number of ether oxygens (including phenoxy) is 3. The number of allylic oxidation sites excluding steroid dienone is 14. The molecule has 0 radical (unpaired) electrons. The molecule has 270 valence electrons. The first-order valence-corrected chi connectivity index (χ1v) is 17.7. The Hall–Kier alpha value is -3.49. The van der Waals surface area contributed by atoms with Crippen molar-refractivity contribution in [3.8, 4) is 0 Å². The zero-order chi connectivity index (χ0) is 35.7. The lowest BCUT2D eigenvalue weighted by atomic mass is 10.1. The van der Waals surface area contributed by atoms with E-state index in [4.69, 9.17) is 14.2 Å². The lowest BCUT2D eigenvalue weighted by Gasteiger charge is -2.34. The number of nitrogens with zero attached hydrogens (tertiary/aromatic N) is 1. The van der Waals surface area contributed by atoms with Gasteiger partial charge in [0.05, 0.1) is 40.3 Å². The van der Waals surface area contributed by atoms with Gasteiger partial charge in [-0.25, -0.2) is 0 Å². The quantitative estimate of drug-likeness (QED) is 0.0271. The van der Waals surface area contributed by atoms with Crippen molar-refractivity contribution in [2.45, 2.75) is 109 Å². The molecule has 2 unspecified atom stereocenters. The zero-order valence-corrected chi connectivity index (χ0v) is 30.4. The van der Waals surface area contributed by atoms with E-state index in [9.17, 15) is 19.5 Å². The Kier molecular flexibility index (Phi) is 28.6. The monoisotopic (exact) mass is 669 g/mol. The summed E-state index contributed by atoms with van der Waals surface area (Å²) in [5.41, 5.74) is 0. The van der Waals surface area contributed by atoms with Gasteiger partial charge in [0.15, 0.2) is 6.10 Å². The SMILES string of the molecule is CC/C=C/C=C/C=C/C=C/C=C/CCCCCC(=O)OC(COCCC(C(=O)[O-])[N+](C)(C)C)COC(=O)CCCC/C=C/C/C=C/CC. The highest BCUT2D eigenvalue weighted by Gasteiger charge is 2.25. The highest BCUT2D eigenvalue weighted by Crippen LogP contribution is 2.10. The number of carboxylic acids is 1. The number of unbranched alkanes of at least 4 members (excludes halogenated alkanes) is 5. The highest BCUT2D eigenvalue weighted by atomic mass is 16.6. The summed E-state index contributed by atoms with van der Waals surface area (Å²) < 4.78 is 16.9. The van der Waals surface area contributed by atoms with Gasteiger partial charge in [0.1, 0.15) is 12.6 Å². The van der Waals surface area contributed by atoms with Crippen LogP contribution in [-0.4, -0.2) is 75.5 Å². The summed E-state index contributed by atoms with van der Waals surface area (Å²) in [5.74, 6) is -1.86. The van der Waals surface area contributed by atoms with Gasteiger partial charge in [-0.2, -0.15) is 0 Å². The smallest absolute Gasteiger partial charge is 0.306 e. The maximum Gasteiger partial charge on any atom is 0.306 e. The fraction of sp³-hybridized carbons (Fsp3) is 0.575. The number of carbonyl (C=O) groups excluding carboxylic acids is 3. The van der Waals surface area contributed by atoms with E-state index >= 15 is 0 Å². The van der Waals surface area contributed by atoms with Gasteiger partial charge in [0.25, 0.3) is 0 Å². The van der Waals surface area contributed by atoms with Crippen molar-refractivity contribution >= 4 is 17.9 Å². The predicted molar refractivity (Wildman–Crippen MR) is 194 cm³/mol. The fourth-order valence-corrected chi connectivity index (χ4v) is 4.42. The molecule has 0 rings (SSSR count). The minimum atomic E-state index is -1.14. The first-order chi connectivity index (χ1) is 23.1. The van der Waals surface area contributed by atoms with Crippen LogP contribution in [0, 0.1) is 0 Å². The topological polar surface area (TPSA) is 102 Å². The van der Waals surface area contributed by atoms with Crippen LogP contribution in [0.1, 0.15) is 97.3 Å². The highest BCUT2D eigenvalue weighted by molar-refractivity contribution is 5.70. The van der Waals surface area contributed by atoms with E-state index in [2.05, 4.69) is 50.3 Å². The van der Waals surface area contributed by atoms with E-state index in [-0.39, 0.29) is 55.5 Å². The number of quaternary nitrogens is 1. The summed E-state index contributed by atoms with van der Waals surface area (Å²) in [7, 11) is 5.35. The number of carbonyl (C=O) groups is 3. The minimum absolute atomic E-state index is 0.00684. The molecule has 8 heteroatoms. The van der Waals surface area contributed by atoms with Gasteiger partial charge in [0.2, 0.25) is 0 Å². The molecule has 0 bridgehead atoms. The third-order valence-electron chi connectivity index (χ3n) is 7.16. The van der Waals surface area contributed by atoms with E-state index in [1.54, 1.807) is 21.1 Å². The van der Waals surface area contributed by atoms with Crippen LogP contribution < -0.4 is 5.11 Å². The van der Waals surface area contributed by atoms with Gasteiger partial charge in [0, 0.05) is 19.3 Å². The van der Waals surface area contributed by atoms with Gasteiger partial charge in [-0.1, -0.05) is 105 Å². The molecule has 0 spiro atoms. The van der Waals surface area contributed by atoms with Crippen LogP contribution in [0.2, 0.25) is 0 Å². The van der Waals surface area contributed by atoms with Crippen molar-refractivity contribution in [1.82, 2.24) is 0 Å². The summed E-state index contributed by atoms with van der Waals surface area (Å²) in [5, 5.41) is 11.5. The lowest BCUT2D eigenvalue weighted by Crippen LogP contribution is -2.55. The van der Waals surface area contributed by atoms with Gasteiger partial charge in [-0.3, -0.25) is 9.59 Å². The van der Waals surface area contributed by atoms with E-state index in [1.165, 1.54) is 0 Å². The maximum atomic E-state index is 12.6. The molecule has 0 saturated heterocycles. The molecule has 2 atom stereocenters. The molecule has 48 heavy (non-hydrogen) atoms. The first-order valence-electron chi connectivity index (χ1n) is 17.7. The molecular formula is C40H63NO7. The molecule has 0 aliphatic heterocycles. The standard InChI is InChI=1S/C40H63NO7/c1-6-8-10-12-14-16-17-18-19-20-21-23-25-27-29-31-39(43)48-36(34-46-33-32-37(40(44)45)41(3,4)5)35-47-38(42)30-28-26-24-22-15-13-11-9-7-2/h8-12,14-22,36-37H,6-7,13,23-35H2,1-5H3/b10-8+,11-9+,14-12+,17-16+,19-18+,21-20+,22-15+. The zero-order valence-electron chi connectivity index (χ0n) is 30.4. The van der Waals surface area contributed by atoms with Gasteiger partial charge < -0.3 is 28.6 Å². The molecule has 0 aromatic carbocycles. The number of carboxylic acid groups (broad SMARTS) is 1. The predicted octanol–water partition coefficient (Wildman–Crippen LogP) is 7.29. The maximum absolute atomic E-state index is 12.6. The lowest BCUT2D eigenvalue weighted by molar-refractivity contribution is -0.889. The van der Waals surface area contributed by atoms with Crippen LogP contribution in [0.3, 0.4) is 0 Å². The minimum Gasteiger partial charge on any atom is -0.544 e. The molecule has 0 amide bonds. The number of rotatable bonds is 29. The average Bonchev–Trinajstić information content (AvgIpc) is 3.03. The van der Waals surface area contributed by atoms with Crippen molar-refractivity contribution in [3.05, 3.63) is 85.1 Å². The molecule has 0 aromatic rings. The molecule has 0 fully saturated rings. The third kappa shape index (κ3) is 28.7. The second-order valence-electron chi connectivity index (χ2n) is 12.5. The Morgan fingerprint density at radius 3 is 1.85 bits per heavy atom. The average molecular weight is 670 g/mol. The molecule has 0 aromatic heterocycles.